The van der Waals surface area contributed by atoms with Gasteiger partial charge < -0.3 is 10.4 Å². The monoisotopic (exact) mass is 245 g/mol. The molecule has 0 saturated carbocycles. The molecule has 1 aromatic carbocycles. The van der Waals surface area contributed by atoms with Crippen LogP contribution in [-0.2, 0) is 10.1 Å². The Balaban J connectivity index is 2.73. The molecule has 0 spiro atoms. The van der Waals surface area contributed by atoms with Gasteiger partial charge in [0.2, 0.25) is 0 Å². The molecule has 5 nitrogen and oxygen atoms in total. The zero-order chi connectivity index (χ0) is 12.4. The highest BCUT2D eigenvalue weighted by Crippen LogP contribution is 2.14. The van der Waals surface area contributed by atoms with Gasteiger partial charge in [0, 0.05) is 12.2 Å². The fraction of sp³-hybridized carbons (Fsp3) is 0.400. The Labute approximate surface area is 94.9 Å². The third-order valence-corrected chi connectivity index (χ3v) is 2.75. The van der Waals surface area contributed by atoms with Crippen LogP contribution in [0.3, 0.4) is 0 Å². The van der Waals surface area contributed by atoms with Crippen LogP contribution in [0.2, 0.25) is 0 Å². The van der Waals surface area contributed by atoms with Crippen molar-refractivity contribution in [2.45, 2.75) is 24.3 Å². The van der Waals surface area contributed by atoms with E-state index in [9.17, 15) is 13.5 Å². The van der Waals surface area contributed by atoms with Crippen molar-refractivity contribution in [2.75, 3.05) is 11.9 Å². The van der Waals surface area contributed by atoms with Gasteiger partial charge in [-0.15, -0.1) is 0 Å². The molecular weight excluding hydrogens is 230 g/mol. The Hall–Kier alpha value is -1.11. The van der Waals surface area contributed by atoms with Crippen LogP contribution in [0.25, 0.3) is 0 Å². The molecule has 0 fully saturated rings. The Morgan fingerprint density at radius 3 is 2.12 bits per heavy atom. The molecule has 90 valence electrons. The second-order valence-corrected chi connectivity index (χ2v) is 5.59. The average Bonchev–Trinajstić information content (AvgIpc) is 2.13. The summed E-state index contributed by atoms with van der Waals surface area (Å²) in [5, 5.41) is 12.4. The Morgan fingerprint density at radius 1 is 1.25 bits per heavy atom. The summed E-state index contributed by atoms with van der Waals surface area (Å²) in [7, 11) is -4.14. The lowest BCUT2D eigenvalue weighted by molar-refractivity contribution is 0.0945. The summed E-state index contributed by atoms with van der Waals surface area (Å²) in [5.41, 5.74) is -0.170. The molecule has 0 radical (unpaired) electrons. The molecule has 0 aliphatic rings. The minimum Gasteiger partial charge on any atom is -0.389 e. The highest BCUT2D eigenvalue weighted by molar-refractivity contribution is 7.85. The lowest BCUT2D eigenvalue weighted by Crippen LogP contribution is -2.29. The molecule has 6 heteroatoms. The van der Waals surface area contributed by atoms with Gasteiger partial charge in [-0.25, -0.2) is 0 Å². The van der Waals surface area contributed by atoms with Crippen molar-refractivity contribution >= 4 is 15.8 Å². The van der Waals surface area contributed by atoms with Crippen LogP contribution in [0.15, 0.2) is 29.2 Å². The predicted octanol–water partition coefficient (Wildman–Crippen LogP) is 1.12. The average molecular weight is 245 g/mol. The fourth-order valence-corrected chi connectivity index (χ4v) is 1.54. The molecule has 0 aromatic heterocycles. The second-order valence-electron chi connectivity index (χ2n) is 4.17. The van der Waals surface area contributed by atoms with E-state index in [4.69, 9.17) is 4.55 Å². The van der Waals surface area contributed by atoms with Crippen molar-refractivity contribution in [3.8, 4) is 0 Å². The molecule has 0 atom stereocenters. The molecule has 0 saturated heterocycles. The number of nitrogens with one attached hydrogen (secondary N) is 1. The van der Waals surface area contributed by atoms with Gasteiger partial charge in [0.1, 0.15) is 0 Å². The van der Waals surface area contributed by atoms with E-state index in [2.05, 4.69) is 5.32 Å². The van der Waals surface area contributed by atoms with E-state index in [0.29, 0.717) is 12.2 Å². The molecule has 0 heterocycles. The first-order valence-corrected chi connectivity index (χ1v) is 6.16. The third kappa shape index (κ3) is 4.18. The molecule has 0 aliphatic carbocycles. The number of hydrogen-bond acceptors (Lipinski definition) is 4. The second kappa shape index (κ2) is 4.40. The Kier molecular flexibility index (Phi) is 3.57. The standard InChI is InChI=1S/C10H15NO4S/c1-10(2,12)7-11-8-3-5-9(6-4-8)16(13,14)15/h3-6,11-12H,7H2,1-2H3,(H,13,14,15). The highest BCUT2D eigenvalue weighted by atomic mass is 32.2. The van der Waals surface area contributed by atoms with Gasteiger partial charge in [0.05, 0.1) is 10.5 Å². The van der Waals surface area contributed by atoms with E-state index in [-0.39, 0.29) is 4.90 Å². The first-order valence-electron chi connectivity index (χ1n) is 4.72. The maximum absolute atomic E-state index is 10.8. The minimum atomic E-state index is -4.14. The first-order chi connectivity index (χ1) is 7.18. The quantitative estimate of drug-likeness (QED) is 0.692. The Morgan fingerprint density at radius 2 is 1.75 bits per heavy atom. The topological polar surface area (TPSA) is 86.6 Å². The molecule has 16 heavy (non-hydrogen) atoms. The summed E-state index contributed by atoms with van der Waals surface area (Å²) < 4.78 is 30.3. The summed E-state index contributed by atoms with van der Waals surface area (Å²) in [6.45, 7) is 3.66. The molecular formula is C10H15NO4S. The zero-order valence-electron chi connectivity index (χ0n) is 9.14. The third-order valence-electron chi connectivity index (χ3n) is 1.88. The molecule has 0 amide bonds. The van der Waals surface area contributed by atoms with Crippen LogP contribution >= 0.6 is 0 Å². The largest absolute Gasteiger partial charge is 0.389 e. The van der Waals surface area contributed by atoms with Crippen LogP contribution in [0.1, 0.15) is 13.8 Å². The van der Waals surface area contributed by atoms with Gasteiger partial charge in [0.15, 0.2) is 0 Å². The smallest absolute Gasteiger partial charge is 0.294 e. The SMILES string of the molecule is CC(C)(O)CNc1ccc(S(=O)(=O)O)cc1. The van der Waals surface area contributed by atoms with Gasteiger partial charge in [0.25, 0.3) is 10.1 Å². The van der Waals surface area contributed by atoms with Crippen molar-refractivity contribution < 1.29 is 18.1 Å². The zero-order valence-corrected chi connectivity index (χ0v) is 9.95. The van der Waals surface area contributed by atoms with Gasteiger partial charge >= 0.3 is 0 Å². The molecule has 0 bridgehead atoms. The number of benzene rings is 1. The summed E-state index contributed by atoms with van der Waals surface area (Å²) >= 11 is 0. The van der Waals surface area contributed by atoms with Crippen LogP contribution < -0.4 is 5.32 Å². The summed E-state index contributed by atoms with van der Waals surface area (Å²) in [6.07, 6.45) is 0. The first kappa shape index (κ1) is 13.0. The maximum atomic E-state index is 10.8. The van der Waals surface area contributed by atoms with Crippen LogP contribution in [-0.4, -0.2) is 30.2 Å². The van der Waals surface area contributed by atoms with Gasteiger partial charge in [-0.1, -0.05) is 0 Å². The van der Waals surface area contributed by atoms with Crippen LogP contribution in [0.5, 0.6) is 0 Å². The number of aliphatic hydroxyl groups is 1. The summed E-state index contributed by atoms with van der Waals surface area (Å²) in [6, 6.07) is 5.63. The maximum Gasteiger partial charge on any atom is 0.294 e. The van der Waals surface area contributed by atoms with Crippen molar-refractivity contribution in [3.63, 3.8) is 0 Å². The number of rotatable bonds is 4. The number of anilines is 1. The van der Waals surface area contributed by atoms with E-state index in [1.165, 1.54) is 24.3 Å². The van der Waals surface area contributed by atoms with Crippen molar-refractivity contribution in [1.29, 1.82) is 0 Å². The van der Waals surface area contributed by atoms with E-state index in [0.717, 1.165) is 0 Å². The molecule has 0 aliphatic heterocycles. The van der Waals surface area contributed by atoms with Crippen molar-refractivity contribution in [2.24, 2.45) is 0 Å². The predicted molar refractivity (Wildman–Crippen MR) is 61.0 cm³/mol. The van der Waals surface area contributed by atoms with Gasteiger partial charge in [-0.2, -0.15) is 8.42 Å². The van der Waals surface area contributed by atoms with Crippen LogP contribution in [0.4, 0.5) is 5.69 Å². The summed E-state index contributed by atoms with van der Waals surface area (Å²) in [4.78, 5) is -0.152. The Bertz CT molecular complexity index is 445. The fourth-order valence-electron chi connectivity index (χ4n) is 1.06. The molecule has 1 rings (SSSR count). The van der Waals surface area contributed by atoms with E-state index < -0.39 is 15.7 Å². The molecule has 1 aromatic rings. The van der Waals surface area contributed by atoms with Gasteiger partial charge in [-0.05, 0) is 38.1 Å². The van der Waals surface area contributed by atoms with E-state index >= 15 is 0 Å². The van der Waals surface area contributed by atoms with E-state index in [1.807, 2.05) is 0 Å². The van der Waals surface area contributed by atoms with Crippen molar-refractivity contribution in [3.05, 3.63) is 24.3 Å². The number of hydrogen-bond donors (Lipinski definition) is 3. The summed E-state index contributed by atoms with van der Waals surface area (Å²) in [5.74, 6) is 0. The normalized spacial score (nSPS) is 12.5. The minimum absolute atomic E-state index is 0.152. The molecule has 3 N–H and O–H groups in total. The highest BCUT2D eigenvalue weighted by Gasteiger charge is 2.12. The molecule has 0 unspecified atom stereocenters. The van der Waals surface area contributed by atoms with Crippen LogP contribution in [0, 0.1) is 0 Å². The van der Waals surface area contributed by atoms with E-state index in [1.54, 1.807) is 13.8 Å². The lowest BCUT2D eigenvalue weighted by Gasteiger charge is -2.18. The van der Waals surface area contributed by atoms with Gasteiger partial charge in [-0.3, -0.25) is 4.55 Å². The van der Waals surface area contributed by atoms with Crippen molar-refractivity contribution in [1.82, 2.24) is 0 Å². The lowest BCUT2D eigenvalue weighted by atomic mass is 10.1.